The summed E-state index contributed by atoms with van der Waals surface area (Å²) in [6.07, 6.45) is 15.7. The quantitative estimate of drug-likeness (QED) is 0.318. The molecule has 1 heterocycles. The highest BCUT2D eigenvalue weighted by Gasteiger charge is 2.40. The van der Waals surface area contributed by atoms with Crippen LogP contribution in [-0.2, 0) is 9.53 Å². The molecular weight excluding hydrogens is 362 g/mol. The Labute approximate surface area is 180 Å². The average molecular weight is 410 g/mol. The summed E-state index contributed by atoms with van der Waals surface area (Å²) in [7, 11) is 0. The molecule has 29 heavy (non-hydrogen) atoms. The number of ketones is 1. The van der Waals surface area contributed by atoms with E-state index >= 15 is 0 Å². The third-order valence-electron chi connectivity index (χ3n) is 6.24. The summed E-state index contributed by atoms with van der Waals surface area (Å²) in [6, 6.07) is 0.119. The van der Waals surface area contributed by atoms with Crippen molar-refractivity contribution in [3.05, 3.63) is 0 Å². The number of nitrogens with zero attached hydrogens (tertiary/aromatic N) is 1. The van der Waals surface area contributed by atoms with E-state index in [1.807, 2.05) is 32.6 Å². The van der Waals surface area contributed by atoms with Crippen molar-refractivity contribution in [1.29, 1.82) is 0 Å². The molecule has 3 atom stereocenters. The van der Waals surface area contributed by atoms with E-state index in [4.69, 9.17) is 4.74 Å². The van der Waals surface area contributed by atoms with Crippen LogP contribution >= 0.6 is 0 Å². The molecule has 0 aromatic rings. The van der Waals surface area contributed by atoms with Crippen LogP contribution in [-0.4, -0.2) is 34.5 Å². The van der Waals surface area contributed by atoms with Crippen molar-refractivity contribution in [1.82, 2.24) is 4.90 Å². The number of carbonyl (C=O) groups is 2. The van der Waals surface area contributed by atoms with E-state index < -0.39 is 5.60 Å². The van der Waals surface area contributed by atoms with Gasteiger partial charge in [-0.25, -0.2) is 4.79 Å². The second-order valence-electron chi connectivity index (χ2n) is 10.0. The molecule has 1 amide bonds. The standard InChI is InChI=1S/C25H47NO3/c1-7-8-9-10-11-12-13-14-15-16-17-22-18-19-23(21(3)27)20(2)26(22)24(28)29-25(4,5)6/h20,22-23H,7-19H2,1-6H3/t20-,22+,23-/m1/s1. The monoisotopic (exact) mass is 409 g/mol. The third-order valence-corrected chi connectivity index (χ3v) is 6.24. The largest absolute Gasteiger partial charge is 0.444 e. The molecular formula is C25H47NO3. The van der Waals surface area contributed by atoms with Gasteiger partial charge in [-0.1, -0.05) is 71.1 Å². The second kappa shape index (κ2) is 13.3. The number of likely N-dealkylation sites (tertiary alicyclic amines) is 1. The normalized spacial score (nSPS) is 22.6. The van der Waals surface area contributed by atoms with Gasteiger partial charge >= 0.3 is 6.09 Å². The lowest BCUT2D eigenvalue weighted by Crippen LogP contribution is -2.55. The molecule has 0 spiro atoms. The summed E-state index contributed by atoms with van der Waals surface area (Å²) < 4.78 is 5.68. The van der Waals surface area contributed by atoms with Crippen LogP contribution in [0, 0.1) is 5.92 Å². The predicted octanol–water partition coefficient (Wildman–Crippen LogP) is 7.29. The van der Waals surface area contributed by atoms with Crippen molar-refractivity contribution >= 4 is 11.9 Å². The Bertz CT molecular complexity index is 483. The molecule has 0 radical (unpaired) electrons. The molecule has 1 aliphatic heterocycles. The number of rotatable bonds is 12. The zero-order chi connectivity index (χ0) is 21.9. The van der Waals surface area contributed by atoms with Gasteiger partial charge in [0, 0.05) is 18.0 Å². The molecule has 0 aromatic heterocycles. The number of hydrogen-bond donors (Lipinski definition) is 0. The summed E-state index contributed by atoms with van der Waals surface area (Å²) in [5, 5.41) is 0. The zero-order valence-corrected chi connectivity index (χ0v) is 20.1. The fourth-order valence-corrected chi connectivity index (χ4v) is 4.60. The fraction of sp³-hybridized carbons (Fsp3) is 0.920. The van der Waals surface area contributed by atoms with E-state index in [0.29, 0.717) is 0 Å². The zero-order valence-electron chi connectivity index (χ0n) is 20.1. The molecule has 1 saturated heterocycles. The Balaban J connectivity index is 2.44. The van der Waals surface area contributed by atoms with Gasteiger partial charge in [0.15, 0.2) is 0 Å². The summed E-state index contributed by atoms with van der Waals surface area (Å²) in [5.74, 6) is 0.120. The van der Waals surface area contributed by atoms with Gasteiger partial charge in [0.25, 0.3) is 0 Å². The molecule has 0 unspecified atom stereocenters. The van der Waals surface area contributed by atoms with Gasteiger partial charge in [0.2, 0.25) is 0 Å². The van der Waals surface area contributed by atoms with Gasteiger partial charge in [-0.3, -0.25) is 4.79 Å². The number of amides is 1. The Kier molecular flexibility index (Phi) is 11.9. The number of ether oxygens (including phenoxy) is 1. The molecule has 0 saturated carbocycles. The van der Waals surface area contributed by atoms with Crippen LogP contribution in [0.25, 0.3) is 0 Å². The van der Waals surface area contributed by atoms with Crippen LogP contribution in [0.3, 0.4) is 0 Å². The van der Waals surface area contributed by atoms with Gasteiger partial charge in [-0.15, -0.1) is 0 Å². The highest BCUT2D eigenvalue weighted by molar-refractivity contribution is 5.80. The molecule has 0 aromatic carbocycles. The lowest BCUT2D eigenvalue weighted by atomic mass is 9.82. The van der Waals surface area contributed by atoms with Gasteiger partial charge in [-0.05, 0) is 53.9 Å². The van der Waals surface area contributed by atoms with E-state index in [1.54, 1.807) is 6.92 Å². The van der Waals surface area contributed by atoms with Crippen molar-refractivity contribution in [2.75, 3.05) is 0 Å². The first-order valence-electron chi connectivity index (χ1n) is 12.2. The molecule has 0 aliphatic carbocycles. The van der Waals surface area contributed by atoms with Crippen molar-refractivity contribution < 1.29 is 14.3 Å². The van der Waals surface area contributed by atoms with Crippen molar-refractivity contribution in [3.8, 4) is 0 Å². The Morgan fingerprint density at radius 1 is 0.897 bits per heavy atom. The van der Waals surface area contributed by atoms with Gasteiger partial charge < -0.3 is 9.64 Å². The summed E-state index contributed by atoms with van der Waals surface area (Å²) in [6.45, 7) is 11.6. The number of Topliss-reactive ketones (excluding diaryl/α,β-unsaturated/α-hetero) is 1. The van der Waals surface area contributed by atoms with Crippen LogP contribution in [0.2, 0.25) is 0 Å². The Morgan fingerprint density at radius 2 is 1.41 bits per heavy atom. The van der Waals surface area contributed by atoms with Crippen LogP contribution < -0.4 is 0 Å². The van der Waals surface area contributed by atoms with Crippen LogP contribution in [0.15, 0.2) is 0 Å². The number of piperidine rings is 1. The van der Waals surface area contributed by atoms with Crippen molar-refractivity contribution in [2.24, 2.45) is 5.92 Å². The maximum absolute atomic E-state index is 12.9. The minimum Gasteiger partial charge on any atom is -0.444 e. The SMILES string of the molecule is CCCCCCCCCCCC[C@H]1CC[C@@H](C(C)=O)[C@@H](C)N1C(=O)OC(C)(C)C. The van der Waals surface area contributed by atoms with Crippen LogP contribution in [0.1, 0.15) is 125 Å². The van der Waals surface area contributed by atoms with Crippen molar-refractivity contribution in [3.63, 3.8) is 0 Å². The smallest absolute Gasteiger partial charge is 0.410 e. The Hall–Kier alpha value is -1.06. The molecule has 1 rings (SSSR count). The maximum atomic E-state index is 12.9. The van der Waals surface area contributed by atoms with Crippen LogP contribution in [0.5, 0.6) is 0 Å². The second-order valence-corrected chi connectivity index (χ2v) is 10.0. The first-order valence-corrected chi connectivity index (χ1v) is 12.2. The van der Waals surface area contributed by atoms with E-state index in [1.165, 1.54) is 57.8 Å². The Morgan fingerprint density at radius 3 is 1.90 bits per heavy atom. The highest BCUT2D eigenvalue weighted by Crippen LogP contribution is 2.32. The molecule has 4 heteroatoms. The predicted molar refractivity (Wildman–Crippen MR) is 121 cm³/mol. The summed E-state index contributed by atoms with van der Waals surface area (Å²) in [5.41, 5.74) is -0.512. The van der Waals surface area contributed by atoms with E-state index in [-0.39, 0.29) is 29.9 Å². The molecule has 0 N–H and O–H groups in total. The average Bonchev–Trinajstić information content (AvgIpc) is 2.61. The van der Waals surface area contributed by atoms with Gasteiger partial charge in [-0.2, -0.15) is 0 Å². The summed E-state index contributed by atoms with van der Waals surface area (Å²) >= 11 is 0. The molecule has 170 valence electrons. The first kappa shape index (κ1) is 26.0. The van der Waals surface area contributed by atoms with E-state index in [2.05, 4.69) is 6.92 Å². The highest BCUT2D eigenvalue weighted by atomic mass is 16.6. The molecule has 0 bridgehead atoms. The number of hydrogen-bond acceptors (Lipinski definition) is 3. The maximum Gasteiger partial charge on any atom is 0.410 e. The van der Waals surface area contributed by atoms with E-state index in [0.717, 1.165) is 25.7 Å². The van der Waals surface area contributed by atoms with Crippen molar-refractivity contribution in [2.45, 2.75) is 143 Å². The van der Waals surface area contributed by atoms with E-state index in [9.17, 15) is 9.59 Å². The van der Waals surface area contributed by atoms with Crippen LogP contribution in [0.4, 0.5) is 4.79 Å². The number of carbonyl (C=O) groups excluding carboxylic acids is 2. The first-order chi connectivity index (χ1) is 13.7. The lowest BCUT2D eigenvalue weighted by Gasteiger charge is -2.44. The van der Waals surface area contributed by atoms with Gasteiger partial charge in [0.05, 0.1) is 0 Å². The molecule has 1 aliphatic rings. The number of unbranched alkanes of at least 4 members (excludes halogenated alkanes) is 9. The molecule has 1 fully saturated rings. The topological polar surface area (TPSA) is 46.6 Å². The minimum absolute atomic E-state index is 0.0634. The third kappa shape index (κ3) is 10.00. The van der Waals surface area contributed by atoms with Gasteiger partial charge in [0.1, 0.15) is 11.4 Å². The minimum atomic E-state index is -0.512. The summed E-state index contributed by atoms with van der Waals surface area (Å²) in [4.78, 5) is 26.8. The fourth-order valence-electron chi connectivity index (χ4n) is 4.60. The molecule has 4 nitrogen and oxygen atoms in total. The lowest BCUT2D eigenvalue weighted by molar-refractivity contribution is -0.124.